The Morgan fingerprint density at radius 2 is 1.77 bits per heavy atom. The van der Waals surface area contributed by atoms with Gasteiger partial charge in [-0.25, -0.2) is 4.79 Å². The molecule has 8 heteroatoms. The number of morpholine rings is 1. The fourth-order valence-corrected chi connectivity index (χ4v) is 2.29. The molecule has 1 heterocycles. The second-order valence-corrected chi connectivity index (χ2v) is 5.16. The normalized spacial score (nSPS) is 22.3. The van der Waals surface area contributed by atoms with E-state index in [1.54, 1.807) is 4.90 Å². The van der Waals surface area contributed by atoms with E-state index in [9.17, 15) is 18.0 Å². The third-order valence-corrected chi connectivity index (χ3v) is 3.05. The average Bonchev–Trinajstić information content (AvgIpc) is 2.38. The quantitative estimate of drug-likeness (QED) is 0.911. The predicted molar refractivity (Wildman–Crippen MR) is 73.7 cm³/mol. The van der Waals surface area contributed by atoms with Crippen LogP contribution in [0.3, 0.4) is 0 Å². The molecule has 1 fully saturated rings. The van der Waals surface area contributed by atoms with E-state index >= 15 is 0 Å². The largest absolute Gasteiger partial charge is 0.573 e. The number of hydrogen-bond acceptors (Lipinski definition) is 3. The number of benzene rings is 1. The third-order valence-electron chi connectivity index (χ3n) is 3.05. The number of anilines is 1. The van der Waals surface area contributed by atoms with Crippen molar-refractivity contribution in [3.8, 4) is 5.75 Å². The lowest BCUT2D eigenvalue weighted by Crippen LogP contribution is -2.49. The summed E-state index contributed by atoms with van der Waals surface area (Å²) in [6.07, 6.45) is -4.85. The third kappa shape index (κ3) is 4.80. The molecule has 1 aromatic rings. The molecular weight excluding hydrogens is 301 g/mol. The molecule has 122 valence electrons. The lowest BCUT2D eigenvalue weighted by Gasteiger charge is -2.35. The molecule has 5 nitrogen and oxygen atoms in total. The predicted octanol–water partition coefficient (Wildman–Crippen LogP) is 3.23. The number of nitrogens with one attached hydrogen (secondary N) is 1. The molecule has 1 N–H and O–H groups in total. The number of urea groups is 1. The molecule has 1 aromatic carbocycles. The van der Waals surface area contributed by atoms with E-state index in [4.69, 9.17) is 4.74 Å². The number of amides is 2. The Hall–Kier alpha value is -1.96. The number of alkyl halides is 3. The Bertz CT molecular complexity index is 509. The molecule has 1 aliphatic heterocycles. The molecule has 1 aliphatic rings. The number of rotatable bonds is 2. The van der Waals surface area contributed by atoms with Crippen LogP contribution in [0.15, 0.2) is 24.3 Å². The fourth-order valence-electron chi connectivity index (χ4n) is 2.29. The van der Waals surface area contributed by atoms with Crippen LogP contribution in [0.2, 0.25) is 0 Å². The summed E-state index contributed by atoms with van der Waals surface area (Å²) in [5, 5.41) is 2.64. The summed E-state index contributed by atoms with van der Waals surface area (Å²) < 4.78 is 45.5. The van der Waals surface area contributed by atoms with Crippen LogP contribution in [0.5, 0.6) is 5.75 Å². The first-order valence-corrected chi connectivity index (χ1v) is 6.80. The van der Waals surface area contributed by atoms with Crippen molar-refractivity contribution in [3.63, 3.8) is 0 Å². The first kappa shape index (κ1) is 16.4. The highest BCUT2D eigenvalue weighted by Crippen LogP contribution is 2.24. The zero-order chi connectivity index (χ0) is 16.3. The Balaban J connectivity index is 1.94. The van der Waals surface area contributed by atoms with Crippen LogP contribution >= 0.6 is 0 Å². The molecule has 0 spiro atoms. The minimum absolute atomic E-state index is 0.0583. The molecule has 2 atom stereocenters. The molecule has 2 rings (SSSR count). The molecule has 0 bridgehead atoms. The standard InChI is InChI=1S/C14H17F3N2O3/c1-9-7-19(8-10(2)21-9)13(20)18-11-3-5-12(6-4-11)22-14(15,16)17/h3-6,9-10H,7-8H2,1-2H3,(H,18,20)/t9-,10-/m0/s1. The van der Waals surface area contributed by atoms with Crippen molar-refractivity contribution in [1.29, 1.82) is 0 Å². The lowest BCUT2D eigenvalue weighted by atomic mass is 10.2. The van der Waals surface area contributed by atoms with Crippen molar-refractivity contribution in [3.05, 3.63) is 24.3 Å². The maximum Gasteiger partial charge on any atom is 0.573 e. The molecule has 2 amide bonds. The average molecular weight is 318 g/mol. The minimum Gasteiger partial charge on any atom is -0.406 e. The van der Waals surface area contributed by atoms with Gasteiger partial charge in [-0.2, -0.15) is 0 Å². The Labute approximate surface area is 126 Å². The number of ether oxygens (including phenoxy) is 2. The zero-order valence-electron chi connectivity index (χ0n) is 12.2. The highest BCUT2D eigenvalue weighted by molar-refractivity contribution is 5.89. The SMILES string of the molecule is C[C@H]1CN(C(=O)Nc2ccc(OC(F)(F)F)cc2)C[C@H](C)O1. The maximum atomic E-state index is 12.1. The molecule has 0 unspecified atom stereocenters. The Morgan fingerprint density at radius 1 is 1.23 bits per heavy atom. The summed E-state index contributed by atoms with van der Waals surface area (Å²) in [5.74, 6) is -0.334. The van der Waals surface area contributed by atoms with Crippen molar-refractivity contribution in [2.45, 2.75) is 32.4 Å². The van der Waals surface area contributed by atoms with Crippen LogP contribution in [-0.4, -0.2) is 42.6 Å². The molecule has 0 aromatic heterocycles. The Kier molecular flexibility index (Phi) is 4.80. The number of nitrogens with zero attached hydrogens (tertiary/aromatic N) is 1. The summed E-state index contributed by atoms with van der Waals surface area (Å²) in [6, 6.07) is 4.69. The molecule has 0 saturated carbocycles. The van der Waals surface area contributed by atoms with E-state index in [1.165, 1.54) is 12.1 Å². The van der Waals surface area contributed by atoms with E-state index in [1.807, 2.05) is 13.8 Å². The number of carbonyl (C=O) groups excluding carboxylic acids is 1. The summed E-state index contributed by atoms with van der Waals surface area (Å²) in [7, 11) is 0. The summed E-state index contributed by atoms with van der Waals surface area (Å²) >= 11 is 0. The van der Waals surface area contributed by atoms with Crippen LogP contribution in [0.4, 0.5) is 23.7 Å². The fraction of sp³-hybridized carbons (Fsp3) is 0.500. The van der Waals surface area contributed by atoms with Crippen molar-refractivity contribution in [1.82, 2.24) is 4.90 Å². The minimum atomic E-state index is -4.73. The number of carbonyl (C=O) groups is 1. The van der Waals surface area contributed by atoms with Gasteiger partial charge in [-0.1, -0.05) is 0 Å². The van der Waals surface area contributed by atoms with E-state index in [0.717, 1.165) is 12.1 Å². The van der Waals surface area contributed by atoms with E-state index < -0.39 is 6.36 Å². The van der Waals surface area contributed by atoms with Gasteiger partial charge in [0.1, 0.15) is 5.75 Å². The van der Waals surface area contributed by atoms with Crippen molar-refractivity contribution >= 4 is 11.7 Å². The summed E-state index contributed by atoms with van der Waals surface area (Å²) in [5.41, 5.74) is 0.395. The second-order valence-electron chi connectivity index (χ2n) is 5.16. The molecule has 1 saturated heterocycles. The summed E-state index contributed by atoms with van der Waals surface area (Å²) in [4.78, 5) is 13.7. The molecule has 0 aliphatic carbocycles. The zero-order valence-corrected chi connectivity index (χ0v) is 12.2. The van der Waals surface area contributed by atoms with Crippen LogP contribution < -0.4 is 10.1 Å². The van der Waals surface area contributed by atoms with E-state index in [2.05, 4.69) is 10.1 Å². The monoisotopic (exact) mass is 318 g/mol. The van der Waals surface area contributed by atoms with Crippen LogP contribution in [0, 0.1) is 0 Å². The second kappa shape index (κ2) is 6.43. The van der Waals surface area contributed by atoms with Crippen molar-refractivity contribution < 1.29 is 27.4 Å². The first-order chi connectivity index (χ1) is 10.2. The van der Waals surface area contributed by atoms with Crippen molar-refractivity contribution in [2.75, 3.05) is 18.4 Å². The van der Waals surface area contributed by atoms with Gasteiger partial charge in [0.15, 0.2) is 0 Å². The smallest absolute Gasteiger partial charge is 0.406 e. The van der Waals surface area contributed by atoms with E-state index in [0.29, 0.717) is 18.8 Å². The van der Waals surface area contributed by atoms with Crippen LogP contribution in [-0.2, 0) is 4.74 Å². The summed E-state index contributed by atoms with van der Waals surface area (Å²) in [6.45, 7) is 4.68. The Morgan fingerprint density at radius 3 is 2.27 bits per heavy atom. The highest BCUT2D eigenvalue weighted by Gasteiger charge is 2.31. The van der Waals surface area contributed by atoms with Gasteiger partial charge in [-0.15, -0.1) is 13.2 Å². The van der Waals surface area contributed by atoms with Gasteiger partial charge < -0.3 is 19.7 Å². The van der Waals surface area contributed by atoms with Crippen LogP contribution in [0.25, 0.3) is 0 Å². The first-order valence-electron chi connectivity index (χ1n) is 6.80. The highest BCUT2D eigenvalue weighted by atomic mass is 19.4. The van der Waals surface area contributed by atoms with Gasteiger partial charge in [0.05, 0.1) is 12.2 Å². The maximum absolute atomic E-state index is 12.1. The van der Waals surface area contributed by atoms with Gasteiger partial charge in [0.25, 0.3) is 0 Å². The van der Waals surface area contributed by atoms with Gasteiger partial charge in [0.2, 0.25) is 0 Å². The van der Waals surface area contributed by atoms with Gasteiger partial charge in [-0.3, -0.25) is 0 Å². The van der Waals surface area contributed by atoms with E-state index in [-0.39, 0.29) is 24.0 Å². The number of hydrogen-bond donors (Lipinski definition) is 1. The van der Waals surface area contributed by atoms with Gasteiger partial charge in [-0.05, 0) is 38.1 Å². The van der Waals surface area contributed by atoms with Crippen LogP contribution in [0.1, 0.15) is 13.8 Å². The molecule has 0 radical (unpaired) electrons. The number of halogens is 3. The van der Waals surface area contributed by atoms with Gasteiger partial charge >= 0.3 is 12.4 Å². The molecular formula is C14H17F3N2O3. The van der Waals surface area contributed by atoms with Crippen molar-refractivity contribution in [2.24, 2.45) is 0 Å². The lowest BCUT2D eigenvalue weighted by molar-refractivity contribution is -0.274. The topological polar surface area (TPSA) is 50.8 Å². The molecule has 22 heavy (non-hydrogen) atoms. The van der Waals surface area contributed by atoms with Gasteiger partial charge in [0, 0.05) is 18.8 Å².